The Bertz CT molecular complexity index is 611. The van der Waals surface area contributed by atoms with Crippen LogP contribution in [0.5, 0.6) is 0 Å². The molecule has 0 radical (unpaired) electrons. The summed E-state index contributed by atoms with van der Waals surface area (Å²) >= 11 is 0. The molecule has 1 aromatic rings. The minimum atomic E-state index is -0.511. The predicted octanol–water partition coefficient (Wildman–Crippen LogP) is 0.736. The van der Waals surface area contributed by atoms with Crippen molar-refractivity contribution in [3.05, 3.63) is 35.6 Å². The van der Waals surface area contributed by atoms with Crippen LogP contribution in [0.15, 0.2) is 24.3 Å². The molecule has 2 fully saturated rings. The normalized spacial score (nSPS) is 21.3. The Morgan fingerprint density at radius 3 is 2.64 bits per heavy atom. The summed E-state index contributed by atoms with van der Waals surface area (Å²) in [7, 11) is 0. The molecule has 2 saturated heterocycles. The topological polar surface area (TPSA) is 61.9 Å². The number of hydrogen-bond acceptors (Lipinski definition) is 4. The number of halogens is 1. The molecule has 2 aliphatic heterocycles. The molecule has 0 aromatic heterocycles. The average molecular weight is 349 g/mol. The van der Waals surface area contributed by atoms with Crippen molar-refractivity contribution in [2.24, 2.45) is 5.92 Å². The van der Waals surface area contributed by atoms with Gasteiger partial charge in [-0.25, -0.2) is 4.39 Å². The molecule has 0 saturated carbocycles. The zero-order valence-electron chi connectivity index (χ0n) is 14.2. The van der Waals surface area contributed by atoms with E-state index in [1.807, 2.05) is 4.90 Å². The van der Waals surface area contributed by atoms with E-state index in [0.717, 1.165) is 19.5 Å². The molecule has 7 heteroatoms. The van der Waals surface area contributed by atoms with Gasteiger partial charge in [0, 0.05) is 45.9 Å². The van der Waals surface area contributed by atoms with E-state index in [2.05, 4.69) is 10.2 Å². The summed E-state index contributed by atoms with van der Waals surface area (Å²) in [6, 6.07) is 5.95. The van der Waals surface area contributed by atoms with Gasteiger partial charge in [0.25, 0.3) is 5.91 Å². The predicted molar refractivity (Wildman–Crippen MR) is 90.7 cm³/mol. The van der Waals surface area contributed by atoms with Crippen molar-refractivity contribution in [2.75, 3.05) is 52.5 Å². The number of piperazine rings is 1. The van der Waals surface area contributed by atoms with Gasteiger partial charge in [-0.2, -0.15) is 0 Å². The van der Waals surface area contributed by atoms with Crippen molar-refractivity contribution < 1.29 is 18.7 Å². The monoisotopic (exact) mass is 349 g/mol. The maximum absolute atomic E-state index is 13.6. The van der Waals surface area contributed by atoms with Crippen LogP contribution in [-0.4, -0.2) is 74.1 Å². The molecule has 0 unspecified atom stereocenters. The van der Waals surface area contributed by atoms with Crippen molar-refractivity contribution in [3.63, 3.8) is 0 Å². The first-order valence-electron chi connectivity index (χ1n) is 8.77. The highest BCUT2D eigenvalue weighted by Gasteiger charge is 2.29. The summed E-state index contributed by atoms with van der Waals surface area (Å²) < 4.78 is 18.8. The molecule has 0 aliphatic carbocycles. The molecule has 2 amide bonds. The van der Waals surface area contributed by atoms with Crippen molar-refractivity contribution in [1.29, 1.82) is 0 Å². The lowest BCUT2D eigenvalue weighted by Gasteiger charge is -2.35. The summed E-state index contributed by atoms with van der Waals surface area (Å²) in [4.78, 5) is 28.4. The lowest BCUT2D eigenvalue weighted by atomic mass is 10.1. The number of hydrogen-bond donors (Lipinski definition) is 1. The second-order valence-electron chi connectivity index (χ2n) is 6.46. The first-order chi connectivity index (χ1) is 12.1. The van der Waals surface area contributed by atoms with Gasteiger partial charge < -0.3 is 15.0 Å². The number of carbonyl (C=O) groups excluding carboxylic acids is 2. The quantitative estimate of drug-likeness (QED) is 0.852. The van der Waals surface area contributed by atoms with Gasteiger partial charge in [0.1, 0.15) is 5.82 Å². The van der Waals surface area contributed by atoms with Crippen LogP contribution in [0.2, 0.25) is 0 Å². The van der Waals surface area contributed by atoms with E-state index in [4.69, 9.17) is 4.74 Å². The summed E-state index contributed by atoms with van der Waals surface area (Å²) in [5.41, 5.74) is 0.0664. The molecular formula is C18H24FN3O3. The Hall–Kier alpha value is -1.99. The van der Waals surface area contributed by atoms with Gasteiger partial charge in [0.2, 0.25) is 5.91 Å². The SMILES string of the molecule is O=C(NCCN1CCN(C(=O)[C@H]2CCOC2)CC1)c1ccccc1F. The number of nitrogens with one attached hydrogen (secondary N) is 1. The van der Waals surface area contributed by atoms with E-state index in [1.165, 1.54) is 12.1 Å². The van der Waals surface area contributed by atoms with Crippen LogP contribution in [-0.2, 0) is 9.53 Å². The summed E-state index contributed by atoms with van der Waals surface area (Å²) in [5, 5.41) is 2.75. The molecule has 25 heavy (non-hydrogen) atoms. The fourth-order valence-electron chi connectivity index (χ4n) is 3.25. The first kappa shape index (κ1) is 17.8. The summed E-state index contributed by atoms with van der Waals surface area (Å²) in [6.07, 6.45) is 0.821. The third kappa shape index (κ3) is 4.55. The second-order valence-corrected chi connectivity index (χ2v) is 6.46. The van der Waals surface area contributed by atoms with Crippen molar-refractivity contribution >= 4 is 11.8 Å². The van der Waals surface area contributed by atoms with Gasteiger partial charge in [0.15, 0.2) is 0 Å². The smallest absolute Gasteiger partial charge is 0.254 e. The maximum atomic E-state index is 13.6. The zero-order valence-corrected chi connectivity index (χ0v) is 14.2. The highest BCUT2D eigenvalue weighted by molar-refractivity contribution is 5.94. The minimum Gasteiger partial charge on any atom is -0.381 e. The third-order valence-electron chi connectivity index (χ3n) is 4.79. The zero-order chi connectivity index (χ0) is 17.6. The Kier molecular flexibility index (Phi) is 5.99. The number of ether oxygens (including phenoxy) is 1. The lowest BCUT2D eigenvalue weighted by Crippen LogP contribution is -2.51. The van der Waals surface area contributed by atoms with E-state index in [9.17, 15) is 14.0 Å². The Balaban J connectivity index is 1.37. The van der Waals surface area contributed by atoms with Gasteiger partial charge in [-0.1, -0.05) is 12.1 Å². The largest absolute Gasteiger partial charge is 0.381 e. The molecule has 3 rings (SSSR count). The van der Waals surface area contributed by atoms with E-state index < -0.39 is 11.7 Å². The van der Waals surface area contributed by atoms with Crippen molar-refractivity contribution in [3.8, 4) is 0 Å². The maximum Gasteiger partial charge on any atom is 0.254 e. The van der Waals surface area contributed by atoms with Gasteiger partial charge in [-0.15, -0.1) is 0 Å². The van der Waals surface area contributed by atoms with Crippen LogP contribution in [0.25, 0.3) is 0 Å². The first-order valence-corrected chi connectivity index (χ1v) is 8.77. The molecule has 1 aromatic carbocycles. The number of amides is 2. The molecule has 1 N–H and O–H groups in total. The number of benzene rings is 1. The second kappa shape index (κ2) is 8.40. The van der Waals surface area contributed by atoms with E-state index in [1.54, 1.807) is 12.1 Å². The molecular weight excluding hydrogens is 325 g/mol. The summed E-state index contributed by atoms with van der Waals surface area (Å²) in [6.45, 7) is 5.35. The lowest BCUT2D eigenvalue weighted by molar-refractivity contribution is -0.137. The molecule has 6 nitrogen and oxygen atoms in total. The highest BCUT2D eigenvalue weighted by atomic mass is 19.1. The number of rotatable bonds is 5. The van der Waals surface area contributed by atoms with Gasteiger partial charge in [0.05, 0.1) is 18.1 Å². The van der Waals surface area contributed by atoms with Crippen LogP contribution in [0, 0.1) is 11.7 Å². The van der Waals surface area contributed by atoms with Crippen LogP contribution in [0.3, 0.4) is 0 Å². The van der Waals surface area contributed by atoms with Crippen molar-refractivity contribution in [1.82, 2.24) is 15.1 Å². The van der Waals surface area contributed by atoms with Gasteiger partial charge in [-0.05, 0) is 18.6 Å². The molecule has 2 heterocycles. The summed E-state index contributed by atoms with van der Waals surface area (Å²) in [5.74, 6) is -0.687. The van der Waals surface area contributed by atoms with E-state index in [-0.39, 0.29) is 17.4 Å². The van der Waals surface area contributed by atoms with Crippen molar-refractivity contribution in [2.45, 2.75) is 6.42 Å². The molecule has 1 atom stereocenters. The van der Waals surface area contributed by atoms with Gasteiger partial charge >= 0.3 is 0 Å². The van der Waals surface area contributed by atoms with Crippen LogP contribution in [0.1, 0.15) is 16.8 Å². The number of carbonyl (C=O) groups is 2. The molecule has 136 valence electrons. The Morgan fingerprint density at radius 2 is 1.96 bits per heavy atom. The minimum absolute atomic E-state index is 0.0200. The van der Waals surface area contributed by atoms with Crippen LogP contribution < -0.4 is 5.32 Å². The van der Waals surface area contributed by atoms with Crippen LogP contribution >= 0.6 is 0 Å². The number of nitrogens with zero attached hydrogens (tertiary/aromatic N) is 2. The average Bonchev–Trinajstić information content (AvgIpc) is 3.16. The fraction of sp³-hybridized carbons (Fsp3) is 0.556. The van der Waals surface area contributed by atoms with E-state index >= 15 is 0 Å². The Morgan fingerprint density at radius 1 is 1.20 bits per heavy atom. The highest BCUT2D eigenvalue weighted by Crippen LogP contribution is 2.16. The van der Waals surface area contributed by atoms with Crippen LogP contribution in [0.4, 0.5) is 4.39 Å². The molecule has 0 spiro atoms. The van der Waals surface area contributed by atoms with E-state index in [0.29, 0.717) is 39.4 Å². The molecule has 0 bridgehead atoms. The van der Waals surface area contributed by atoms with Gasteiger partial charge in [-0.3, -0.25) is 14.5 Å². The molecule has 2 aliphatic rings. The standard InChI is InChI=1S/C18H24FN3O3/c19-16-4-2-1-3-15(16)17(23)20-6-7-21-8-10-22(11-9-21)18(24)14-5-12-25-13-14/h1-4,14H,5-13H2,(H,20,23)/t14-/m0/s1. The fourth-order valence-corrected chi connectivity index (χ4v) is 3.25. The third-order valence-corrected chi connectivity index (χ3v) is 4.79. The Labute approximate surface area is 146 Å².